The summed E-state index contributed by atoms with van der Waals surface area (Å²) in [5.41, 5.74) is 0. The lowest BCUT2D eigenvalue weighted by molar-refractivity contribution is -0.182. The van der Waals surface area contributed by atoms with E-state index in [1.807, 2.05) is 0 Å². The van der Waals surface area contributed by atoms with Crippen molar-refractivity contribution in [2.24, 2.45) is 0 Å². The second-order valence-corrected chi connectivity index (χ2v) is 8.32. The first-order valence-corrected chi connectivity index (χ1v) is 9.75. The predicted octanol–water partition coefficient (Wildman–Crippen LogP) is -1.88. The van der Waals surface area contributed by atoms with E-state index in [0.717, 1.165) is 0 Å². The fourth-order valence-corrected chi connectivity index (χ4v) is 4.47. The zero-order valence-corrected chi connectivity index (χ0v) is 13.0. The normalized spacial score (nSPS) is 33.1. The highest BCUT2D eigenvalue weighted by molar-refractivity contribution is 7.66. The molecule has 1 heterocycles. The molecule has 1 rings (SSSR count). The molecule has 22 heavy (non-hydrogen) atoms. The lowest BCUT2D eigenvalue weighted by atomic mass is 10.2. The lowest BCUT2D eigenvalue weighted by Gasteiger charge is -2.23. The maximum atomic E-state index is 11.4. The molecule has 0 aromatic heterocycles. The molecule has 17 heteroatoms. The van der Waals surface area contributed by atoms with Crippen molar-refractivity contribution in [2.75, 3.05) is 0 Å². The van der Waals surface area contributed by atoms with Gasteiger partial charge in [-0.1, -0.05) is 0 Å². The highest BCUT2D eigenvalue weighted by Crippen LogP contribution is 2.66. The molecule has 0 amide bonds. The van der Waals surface area contributed by atoms with Gasteiger partial charge in [-0.05, 0) is 0 Å². The van der Waals surface area contributed by atoms with Gasteiger partial charge in [0.25, 0.3) is 0 Å². The van der Waals surface area contributed by atoms with Gasteiger partial charge in [0.2, 0.25) is 0 Å². The van der Waals surface area contributed by atoms with Crippen LogP contribution in [0.25, 0.3) is 0 Å². The Hall–Kier alpha value is 0.250. The van der Waals surface area contributed by atoms with Crippen LogP contribution in [0, 0.1) is 0 Å². The smallest absolute Gasteiger partial charge is 0.390 e. The molecule has 14 nitrogen and oxygen atoms in total. The van der Waals surface area contributed by atoms with Crippen molar-refractivity contribution < 1.29 is 66.5 Å². The van der Waals surface area contributed by atoms with Crippen LogP contribution >= 0.6 is 23.5 Å². The first-order chi connectivity index (χ1) is 9.71. The zero-order valence-electron chi connectivity index (χ0n) is 10.3. The number of hydrogen-bond donors (Lipinski definition) is 7. The highest BCUT2D eigenvalue weighted by Gasteiger charge is 2.45. The van der Waals surface area contributed by atoms with Crippen molar-refractivity contribution in [1.29, 1.82) is 0 Å². The van der Waals surface area contributed by atoms with E-state index < -0.39 is 48.3 Å². The van der Waals surface area contributed by atoms with Crippen LogP contribution < -0.4 is 0 Å². The molecule has 7 N–H and O–H groups in total. The summed E-state index contributed by atoms with van der Waals surface area (Å²) in [5.74, 6) is 0. The van der Waals surface area contributed by atoms with E-state index in [1.54, 1.807) is 0 Å². The summed E-state index contributed by atoms with van der Waals surface area (Å²) in [6.07, 6.45) is -7.38. The van der Waals surface area contributed by atoms with Crippen LogP contribution in [0.3, 0.4) is 0 Å². The Morgan fingerprint density at radius 2 is 1.55 bits per heavy atom. The summed E-state index contributed by atoms with van der Waals surface area (Å²) >= 11 is 0. The number of aliphatic hydroxyl groups is 3. The summed E-state index contributed by atoms with van der Waals surface area (Å²) in [6, 6.07) is 0. The second-order valence-electron chi connectivity index (χ2n) is 3.95. The molecule has 0 spiro atoms. The molecule has 0 aliphatic carbocycles. The standard InChI is InChI=1S/C5H13O14P3/c6-2-1-3(7)16-4(2)5(8)17-21(12,13)19-22(14,15)18-20(9,10)11/h2-8H,1H2,(H,12,13)(H,14,15)(H2,9,10,11)/t2-,3-,4-,5?/m0/s1. The Labute approximate surface area is 122 Å². The minimum absolute atomic E-state index is 0.346. The monoisotopic (exact) mass is 390 g/mol. The fourth-order valence-electron chi connectivity index (χ4n) is 1.42. The minimum Gasteiger partial charge on any atom is -0.390 e. The molecule has 3 unspecified atom stereocenters. The van der Waals surface area contributed by atoms with Gasteiger partial charge in [-0.15, -0.1) is 0 Å². The Morgan fingerprint density at radius 1 is 1.00 bits per heavy atom. The predicted molar refractivity (Wildman–Crippen MR) is 62.5 cm³/mol. The molecule has 1 aliphatic heterocycles. The van der Waals surface area contributed by atoms with Crippen molar-refractivity contribution in [3.63, 3.8) is 0 Å². The number of aliphatic hydroxyl groups excluding tert-OH is 3. The van der Waals surface area contributed by atoms with Crippen molar-refractivity contribution in [3.05, 3.63) is 0 Å². The fraction of sp³-hybridized carbons (Fsp3) is 1.00. The van der Waals surface area contributed by atoms with Gasteiger partial charge in [0.05, 0.1) is 6.10 Å². The quantitative estimate of drug-likeness (QED) is 0.186. The second kappa shape index (κ2) is 7.01. The third-order valence-electron chi connectivity index (χ3n) is 2.07. The summed E-state index contributed by atoms with van der Waals surface area (Å²) in [7, 11) is -16.8. The van der Waals surface area contributed by atoms with Crippen LogP contribution in [-0.2, 0) is 31.6 Å². The van der Waals surface area contributed by atoms with Crippen LogP contribution in [0.5, 0.6) is 0 Å². The van der Waals surface area contributed by atoms with Gasteiger partial charge in [-0.3, -0.25) is 4.52 Å². The molecular weight excluding hydrogens is 377 g/mol. The summed E-state index contributed by atoms with van der Waals surface area (Å²) in [5, 5.41) is 27.8. The third-order valence-corrected chi connectivity index (χ3v) is 5.88. The van der Waals surface area contributed by atoms with Crippen molar-refractivity contribution in [2.45, 2.75) is 31.2 Å². The largest absolute Gasteiger partial charge is 0.490 e. The Balaban J connectivity index is 2.69. The van der Waals surface area contributed by atoms with E-state index in [4.69, 9.17) is 24.7 Å². The van der Waals surface area contributed by atoms with E-state index in [2.05, 4.69) is 17.9 Å². The van der Waals surface area contributed by atoms with Gasteiger partial charge >= 0.3 is 23.5 Å². The first-order valence-electron chi connectivity index (χ1n) is 5.23. The summed E-state index contributed by atoms with van der Waals surface area (Å²) in [6.45, 7) is 0. The third kappa shape index (κ3) is 6.79. The van der Waals surface area contributed by atoms with Gasteiger partial charge < -0.3 is 39.6 Å². The number of phosphoric ester groups is 1. The van der Waals surface area contributed by atoms with Crippen molar-refractivity contribution in [1.82, 2.24) is 0 Å². The molecule has 1 fully saturated rings. The summed E-state index contributed by atoms with van der Waals surface area (Å²) in [4.78, 5) is 34.6. The summed E-state index contributed by atoms with van der Waals surface area (Å²) < 4.78 is 48.1. The van der Waals surface area contributed by atoms with Crippen LogP contribution in [-0.4, -0.2) is 59.7 Å². The molecule has 6 atom stereocenters. The molecule has 132 valence electrons. The van der Waals surface area contributed by atoms with Crippen molar-refractivity contribution in [3.8, 4) is 0 Å². The number of ether oxygens (including phenoxy) is 1. The lowest BCUT2D eigenvalue weighted by Crippen LogP contribution is -2.36. The van der Waals surface area contributed by atoms with E-state index in [9.17, 15) is 23.9 Å². The van der Waals surface area contributed by atoms with Crippen LogP contribution in [0.4, 0.5) is 0 Å². The van der Waals surface area contributed by atoms with Gasteiger partial charge in [0.1, 0.15) is 6.10 Å². The topological polar surface area (TPSA) is 230 Å². The molecule has 0 aromatic carbocycles. The molecule has 1 aliphatic rings. The number of phosphoric acid groups is 3. The van der Waals surface area contributed by atoms with E-state index in [-0.39, 0.29) is 6.42 Å². The van der Waals surface area contributed by atoms with Gasteiger partial charge in [-0.25, -0.2) is 13.7 Å². The minimum atomic E-state index is -5.72. The maximum Gasteiger partial charge on any atom is 0.490 e. The Kier molecular flexibility index (Phi) is 6.47. The van der Waals surface area contributed by atoms with Gasteiger partial charge in [0.15, 0.2) is 12.6 Å². The molecule has 0 radical (unpaired) electrons. The van der Waals surface area contributed by atoms with E-state index in [1.165, 1.54) is 0 Å². The molecule has 0 aromatic rings. The SMILES string of the molecule is O=P(O)(O)OP(=O)(O)OP(=O)(O)OC(O)[C@H]1O[C@H](O)C[C@@H]1O. The first kappa shape index (κ1) is 20.3. The Bertz CT molecular complexity index is 527. The zero-order chi connectivity index (χ0) is 17.3. The number of hydrogen-bond acceptors (Lipinski definition) is 10. The van der Waals surface area contributed by atoms with Crippen molar-refractivity contribution >= 4 is 23.5 Å². The number of rotatable bonds is 7. The average molecular weight is 390 g/mol. The average Bonchev–Trinajstić information content (AvgIpc) is 2.50. The van der Waals surface area contributed by atoms with Crippen LogP contribution in [0.2, 0.25) is 0 Å². The van der Waals surface area contributed by atoms with Crippen LogP contribution in [0.1, 0.15) is 6.42 Å². The van der Waals surface area contributed by atoms with E-state index in [0.29, 0.717) is 0 Å². The van der Waals surface area contributed by atoms with Crippen LogP contribution in [0.15, 0.2) is 0 Å². The van der Waals surface area contributed by atoms with Gasteiger partial charge in [-0.2, -0.15) is 8.62 Å². The Morgan fingerprint density at radius 3 is 1.95 bits per heavy atom. The highest BCUT2D eigenvalue weighted by atomic mass is 31.3. The van der Waals surface area contributed by atoms with E-state index >= 15 is 0 Å². The van der Waals surface area contributed by atoms with Gasteiger partial charge in [0, 0.05) is 6.42 Å². The maximum absolute atomic E-state index is 11.4. The molecular formula is C5H13O14P3. The molecule has 1 saturated heterocycles. The molecule has 0 saturated carbocycles. The molecule has 0 bridgehead atoms.